The topological polar surface area (TPSA) is 50.2 Å². The van der Waals surface area contributed by atoms with Crippen LogP contribution in [0.1, 0.15) is 11.4 Å². The molecule has 0 atom stereocenters. The van der Waals surface area contributed by atoms with Crippen LogP contribution in [0, 0.1) is 0 Å². The summed E-state index contributed by atoms with van der Waals surface area (Å²) >= 11 is 0. The molecule has 0 saturated heterocycles. The fourth-order valence-corrected chi connectivity index (χ4v) is 2.27. The maximum atomic E-state index is 13.2. The molecule has 4 nitrogen and oxygen atoms in total. The van der Waals surface area contributed by atoms with Crippen molar-refractivity contribution in [1.82, 2.24) is 14.6 Å². The average molecular weight is 347 g/mol. The van der Waals surface area contributed by atoms with Gasteiger partial charge in [-0.15, -0.1) is 0 Å². The molecule has 0 amide bonds. The van der Waals surface area contributed by atoms with Gasteiger partial charge in [-0.2, -0.15) is 26.3 Å². The van der Waals surface area contributed by atoms with Crippen LogP contribution in [0.15, 0.2) is 41.2 Å². The lowest BCUT2D eigenvalue weighted by molar-refractivity contribution is -0.141. The molecular formula is C14H7F6N3O. The van der Waals surface area contributed by atoms with Crippen molar-refractivity contribution < 1.29 is 26.3 Å². The number of aromatic amines is 1. The average Bonchev–Trinajstić information content (AvgIpc) is 2.87. The van der Waals surface area contributed by atoms with Crippen molar-refractivity contribution in [3.05, 3.63) is 58.1 Å². The van der Waals surface area contributed by atoms with Gasteiger partial charge in [-0.3, -0.25) is 9.89 Å². The number of nitrogens with one attached hydrogen (secondary N) is 1. The molecule has 0 fully saturated rings. The lowest BCUT2D eigenvalue weighted by Crippen LogP contribution is -2.20. The molecule has 10 heteroatoms. The molecule has 0 aliphatic rings. The zero-order valence-corrected chi connectivity index (χ0v) is 11.5. The zero-order chi connectivity index (χ0) is 17.7. The van der Waals surface area contributed by atoms with Gasteiger partial charge in [0.25, 0.3) is 5.56 Å². The van der Waals surface area contributed by atoms with Gasteiger partial charge in [0.2, 0.25) is 0 Å². The highest BCUT2D eigenvalue weighted by Gasteiger charge is 2.39. The van der Waals surface area contributed by atoms with Crippen LogP contribution < -0.4 is 5.56 Å². The SMILES string of the molecule is O=c1cc(C(F)(F)F)nc2c(-c3ccccc3)c(C(F)(F)F)[nH]n12. The first kappa shape index (κ1) is 16.1. The lowest BCUT2D eigenvalue weighted by Gasteiger charge is -2.07. The van der Waals surface area contributed by atoms with Crippen LogP contribution >= 0.6 is 0 Å². The molecule has 0 spiro atoms. The standard InChI is InChI=1S/C14H7F6N3O/c15-13(16,17)8-6-9(24)23-12(21-8)10(7-4-2-1-3-5-7)11(22-23)14(18,19)20/h1-6,22H. The molecular weight excluding hydrogens is 340 g/mol. The Hall–Kier alpha value is -2.78. The van der Waals surface area contributed by atoms with Gasteiger partial charge in [-0.25, -0.2) is 9.50 Å². The molecule has 126 valence electrons. The number of nitrogens with zero attached hydrogens (tertiary/aromatic N) is 2. The fraction of sp³-hybridized carbons (Fsp3) is 0.143. The van der Waals surface area contributed by atoms with Crippen LogP contribution in [-0.2, 0) is 12.4 Å². The van der Waals surface area contributed by atoms with Crippen molar-refractivity contribution >= 4 is 5.65 Å². The van der Waals surface area contributed by atoms with E-state index >= 15 is 0 Å². The Kier molecular flexibility index (Phi) is 3.43. The molecule has 0 aliphatic heterocycles. The molecule has 3 rings (SSSR count). The van der Waals surface area contributed by atoms with Gasteiger partial charge < -0.3 is 0 Å². The van der Waals surface area contributed by atoms with Gasteiger partial charge >= 0.3 is 12.4 Å². The summed E-state index contributed by atoms with van der Waals surface area (Å²) in [5, 5.41) is 1.80. The fourth-order valence-electron chi connectivity index (χ4n) is 2.27. The highest BCUT2D eigenvalue weighted by Crippen LogP contribution is 2.38. The Labute approximate surface area is 129 Å². The summed E-state index contributed by atoms with van der Waals surface area (Å²) in [6.07, 6.45) is -9.87. The van der Waals surface area contributed by atoms with E-state index in [-0.39, 0.29) is 11.6 Å². The minimum Gasteiger partial charge on any atom is -0.284 e. The Morgan fingerprint density at radius 3 is 2.12 bits per heavy atom. The van der Waals surface area contributed by atoms with E-state index in [1.807, 2.05) is 0 Å². The van der Waals surface area contributed by atoms with E-state index in [9.17, 15) is 31.1 Å². The Morgan fingerprint density at radius 1 is 0.958 bits per heavy atom. The molecule has 2 aromatic heterocycles. The van der Waals surface area contributed by atoms with Crippen molar-refractivity contribution in [2.75, 3.05) is 0 Å². The molecule has 0 radical (unpaired) electrons. The molecule has 0 bridgehead atoms. The Morgan fingerprint density at radius 2 is 1.58 bits per heavy atom. The molecule has 0 aliphatic carbocycles. The molecule has 24 heavy (non-hydrogen) atoms. The largest absolute Gasteiger partial charge is 0.433 e. The minimum atomic E-state index is -4.96. The summed E-state index contributed by atoms with van der Waals surface area (Å²) in [4.78, 5) is 15.0. The van der Waals surface area contributed by atoms with E-state index in [0.717, 1.165) is 0 Å². The van der Waals surface area contributed by atoms with E-state index in [2.05, 4.69) is 4.98 Å². The molecule has 1 aromatic carbocycles. The van der Waals surface area contributed by atoms with Crippen LogP contribution in [0.3, 0.4) is 0 Å². The smallest absolute Gasteiger partial charge is 0.284 e. The van der Waals surface area contributed by atoms with Gasteiger partial charge in [0.1, 0.15) is 5.69 Å². The van der Waals surface area contributed by atoms with Crippen LogP contribution in [0.4, 0.5) is 26.3 Å². The number of halogens is 6. The van der Waals surface area contributed by atoms with Gasteiger partial charge in [0, 0.05) is 6.07 Å². The van der Waals surface area contributed by atoms with Gasteiger partial charge in [0.05, 0.1) is 5.56 Å². The third kappa shape index (κ3) is 2.63. The summed E-state index contributed by atoms with van der Waals surface area (Å²) in [5.41, 5.74) is -5.58. The second-order valence-corrected chi connectivity index (χ2v) is 4.86. The van der Waals surface area contributed by atoms with E-state index in [4.69, 9.17) is 0 Å². The number of aromatic nitrogens is 3. The van der Waals surface area contributed by atoms with Crippen LogP contribution in [0.5, 0.6) is 0 Å². The monoisotopic (exact) mass is 347 g/mol. The molecule has 2 heterocycles. The van der Waals surface area contributed by atoms with Gasteiger partial charge in [-0.1, -0.05) is 30.3 Å². The highest BCUT2D eigenvalue weighted by molar-refractivity contribution is 5.80. The van der Waals surface area contributed by atoms with Crippen molar-refractivity contribution in [3.8, 4) is 11.1 Å². The Balaban J connectivity index is 2.46. The van der Waals surface area contributed by atoms with Gasteiger partial charge in [-0.05, 0) is 5.56 Å². The molecule has 0 saturated carbocycles. The minimum absolute atomic E-state index is 0.0187. The number of hydrogen-bond donors (Lipinski definition) is 1. The summed E-state index contributed by atoms with van der Waals surface area (Å²) in [6.45, 7) is 0. The maximum Gasteiger partial charge on any atom is 0.433 e. The number of fused-ring (bicyclic) bond motifs is 1. The van der Waals surface area contributed by atoms with Crippen LogP contribution in [-0.4, -0.2) is 14.6 Å². The quantitative estimate of drug-likeness (QED) is 0.682. The third-order valence-electron chi connectivity index (χ3n) is 3.25. The Bertz CT molecular complexity index is 953. The van der Waals surface area contributed by atoms with E-state index in [1.165, 1.54) is 30.3 Å². The number of benzene rings is 1. The van der Waals surface area contributed by atoms with Crippen molar-refractivity contribution in [2.45, 2.75) is 12.4 Å². The molecule has 0 unspecified atom stereocenters. The number of H-pyrrole nitrogens is 1. The van der Waals surface area contributed by atoms with Gasteiger partial charge in [0.15, 0.2) is 11.3 Å². The number of alkyl halides is 6. The normalized spacial score (nSPS) is 12.8. The van der Waals surface area contributed by atoms with E-state index in [0.29, 0.717) is 4.52 Å². The second kappa shape index (κ2) is 5.11. The zero-order valence-electron chi connectivity index (χ0n) is 11.5. The summed E-state index contributed by atoms with van der Waals surface area (Å²) in [7, 11) is 0. The van der Waals surface area contributed by atoms with Crippen molar-refractivity contribution in [2.24, 2.45) is 0 Å². The predicted molar refractivity (Wildman–Crippen MR) is 71.3 cm³/mol. The van der Waals surface area contributed by atoms with E-state index in [1.54, 1.807) is 5.10 Å². The summed E-state index contributed by atoms with van der Waals surface area (Å²) in [6, 6.07) is 7.08. The van der Waals surface area contributed by atoms with E-state index < -0.39 is 40.5 Å². The third-order valence-corrected chi connectivity index (χ3v) is 3.25. The molecule has 3 aromatic rings. The highest BCUT2D eigenvalue weighted by atomic mass is 19.4. The summed E-state index contributed by atoms with van der Waals surface area (Å²) in [5.74, 6) is 0. The van der Waals surface area contributed by atoms with Crippen molar-refractivity contribution in [1.29, 1.82) is 0 Å². The number of rotatable bonds is 1. The van der Waals surface area contributed by atoms with Crippen LogP contribution in [0.25, 0.3) is 16.8 Å². The first-order chi connectivity index (χ1) is 11.1. The van der Waals surface area contributed by atoms with Crippen LogP contribution in [0.2, 0.25) is 0 Å². The number of hydrogen-bond acceptors (Lipinski definition) is 2. The first-order valence-electron chi connectivity index (χ1n) is 6.44. The summed E-state index contributed by atoms with van der Waals surface area (Å²) < 4.78 is 78.6. The maximum absolute atomic E-state index is 13.2. The van der Waals surface area contributed by atoms with Crippen molar-refractivity contribution in [3.63, 3.8) is 0 Å². The lowest BCUT2D eigenvalue weighted by atomic mass is 10.1. The second-order valence-electron chi connectivity index (χ2n) is 4.86. The molecule has 1 N–H and O–H groups in total. The predicted octanol–water partition coefficient (Wildman–Crippen LogP) is 3.73. The first-order valence-corrected chi connectivity index (χ1v) is 6.44.